The predicted molar refractivity (Wildman–Crippen MR) is 52.7 cm³/mol. The first-order valence-electron chi connectivity index (χ1n) is 4.50. The Balaban J connectivity index is 2.30. The van der Waals surface area contributed by atoms with Gasteiger partial charge in [-0.1, -0.05) is 6.07 Å². The van der Waals surface area contributed by atoms with Crippen LogP contribution in [-0.4, -0.2) is 12.6 Å². The molecule has 0 bridgehead atoms. The summed E-state index contributed by atoms with van der Waals surface area (Å²) in [7, 11) is 0. The Kier molecular flexibility index (Phi) is 2.10. The zero-order valence-corrected chi connectivity index (χ0v) is 7.71. The van der Waals surface area contributed by atoms with E-state index in [-0.39, 0.29) is 0 Å². The summed E-state index contributed by atoms with van der Waals surface area (Å²) >= 11 is 0. The van der Waals surface area contributed by atoms with Gasteiger partial charge in [0.2, 0.25) is 0 Å². The third kappa shape index (κ3) is 1.75. The van der Waals surface area contributed by atoms with E-state index in [4.69, 9.17) is 10.5 Å². The maximum absolute atomic E-state index is 5.67. The number of nitrogens with one attached hydrogen (secondary N) is 1. The van der Waals surface area contributed by atoms with E-state index in [1.54, 1.807) is 0 Å². The number of benzene rings is 1. The van der Waals surface area contributed by atoms with Gasteiger partial charge >= 0.3 is 0 Å². The molecule has 13 heavy (non-hydrogen) atoms. The Morgan fingerprint density at radius 2 is 2.38 bits per heavy atom. The number of nitrogens with two attached hydrogens (primary N) is 1. The second-order valence-corrected chi connectivity index (χ2v) is 3.46. The fourth-order valence-electron chi connectivity index (χ4n) is 1.41. The number of anilines is 1. The lowest BCUT2D eigenvalue weighted by Crippen LogP contribution is -2.28. The summed E-state index contributed by atoms with van der Waals surface area (Å²) in [6.07, 6.45) is 0. The van der Waals surface area contributed by atoms with Gasteiger partial charge in [-0.25, -0.2) is 0 Å². The van der Waals surface area contributed by atoms with Crippen molar-refractivity contribution in [3.63, 3.8) is 0 Å². The van der Waals surface area contributed by atoms with Gasteiger partial charge in [-0.05, 0) is 13.0 Å². The van der Waals surface area contributed by atoms with Gasteiger partial charge in [0.25, 0.3) is 0 Å². The molecule has 0 fully saturated rings. The summed E-state index contributed by atoms with van der Waals surface area (Å²) < 4.78 is 5.60. The average molecular weight is 178 g/mol. The molecule has 1 heterocycles. The Hall–Kier alpha value is -1.22. The van der Waals surface area contributed by atoms with Crippen LogP contribution in [0, 0.1) is 0 Å². The lowest BCUT2D eigenvalue weighted by molar-refractivity contribution is 0.287. The zero-order chi connectivity index (χ0) is 9.26. The minimum absolute atomic E-state index is 0.397. The van der Waals surface area contributed by atoms with Crippen molar-refractivity contribution < 1.29 is 4.74 Å². The molecule has 1 aromatic carbocycles. The van der Waals surface area contributed by atoms with Crippen molar-refractivity contribution >= 4 is 5.69 Å². The molecule has 0 aliphatic carbocycles. The number of hydrogen-bond acceptors (Lipinski definition) is 3. The highest BCUT2D eigenvalue weighted by Crippen LogP contribution is 2.23. The van der Waals surface area contributed by atoms with Gasteiger partial charge < -0.3 is 15.8 Å². The molecule has 0 radical (unpaired) electrons. The van der Waals surface area contributed by atoms with Crippen LogP contribution in [-0.2, 0) is 6.54 Å². The minimum atomic E-state index is 0.397. The van der Waals surface area contributed by atoms with Gasteiger partial charge in [0.15, 0.2) is 0 Å². The minimum Gasteiger partial charge on any atom is -0.492 e. The Labute approximate surface area is 77.9 Å². The highest BCUT2D eigenvalue weighted by Gasteiger charge is 2.12. The van der Waals surface area contributed by atoms with E-state index in [0.717, 1.165) is 18.0 Å². The van der Waals surface area contributed by atoms with Crippen LogP contribution in [0.15, 0.2) is 18.2 Å². The highest BCUT2D eigenvalue weighted by atomic mass is 16.5. The third-order valence-corrected chi connectivity index (χ3v) is 2.22. The summed E-state index contributed by atoms with van der Waals surface area (Å²) in [5.74, 6) is 0.914. The largest absolute Gasteiger partial charge is 0.492 e. The number of fused-ring (bicyclic) bond motifs is 1. The maximum Gasteiger partial charge on any atom is 0.125 e. The van der Waals surface area contributed by atoms with Crippen molar-refractivity contribution in [2.24, 2.45) is 0 Å². The molecular weight excluding hydrogens is 164 g/mol. The van der Waals surface area contributed by atoms with E-state index in [2.05, 4.69) is 12.2 Å². The summed E-state index contributed by atoms with van der Waals surface area (Å²) in [6.45, 7) is 3.67. The van der Waals surface area contributed by atoms with Crippen LogP contribution in [0.3, 0.4) is 0 Å². The molecule has 3 N–H and O–H groups in total. The molecule has 1 unspecified atom stereocenters. The van der Waals surface area contributed by atoms with Crippen LogP contribution in [0.4, 0.5) is 5.69 Å². The number of ether oxygens (including phenoxy) is 1. The van der Waals surface area contributed by atoms with E-state index in [1.165, 1.54) is 5.56 Å². The molecule has 1 atom stereocenters. The zero-order valence-electron chi connectivity index (χ0n) is 7.71. The predicted octanol–water partition coefficient (Wildman–Crippen LogP) is 1.14. The van der Waals surface area contributed by atoms with E-state index in [9.17, 15) is 0 Å². The quantitative estimate of drug-likeness (QED) is 0.586. The van der Waals surface area contributed by atoms with Gasteiger partial charge in [-0.3, -0.25) is 0 Å². The van der Waals surface area contributed by atoms with E-state index >= 15 is 0 Å². The molecule has 0 spiro atoms. The molecule has 1 aliphatic rings. The lowest BCUT2D eigenvalue weighted by Gasteiger charge is -2.08. The van der Waals surface area contributed by atoms with Gasteiger partial charge in [0, 0.05) is 29.9 Å². The van der Waals surface area contributed by atoms with Crippen LogP contribution in [0.2, 0.25) is 0 Å². The summed E-state index contributed by atoms with van der Waals surface area (Å²) in [5, 5.41) is 3.35. The molecule has 0 saturated heterocycles. The molecule has 0 amide bonds. The summed E-state index contributed by atoms with van der Waals surface area (Å²) in [4.78, 5) is 0. The first-order chi connectivity index (χ1) is 6.25. The van der Waals surface area contributed by atoms with Crippen molar-refractivity contribution in [3.05, 3.63) is 23.8 Å². The monoisotopic (exact) mass is 178 g/mol. The van der Waals surface area contributed by atoms with Gasteiger partial charge in [0.1, 0.15) is 12.4 Å². The third-order valence-electron chi connectivity index (χ3n) is 2.22. The van der Waals surface area contributed by atoms with E-state index in [0.29, 0.717) is 12.6 Å². The molecule has 3 heteroatoms. The average Bonchev–Trinajstić information content (AvgIpc) is 2.29. The molecule has 0 saturated carbocycles. The van der Waals surface area contributed by atoms with E-state index < -0.39 is 0 Å². The van der Waals surface area contributed by atoms with Gasteiger partial charge in [0.05, 0.1) is 0 Å². The standard InChI is InChI=1S/C10H14N2O/c1-7-6-13-10-4-9(11)3-2-8(10)5-12-7/h2-4,7,12H,5-6,11H2,1H3. The first-order valence-corrected chi connectivity index (χ1v) is 4.50. The summed E-state index contributed by atoms with van der Waals surface area (Å²) in [5.41, 5.74) is 7.60. The van der Waals surface area contributed by atoms with Crippen LogP contribution in [0.1, 0.15) is 12.5 Å². The van der Waals surface area contributed by atoms with Crippen LogP contribution < -0.4 is 15.8 Å². The number of nitrogen functional groups attached to an aromatic ring is 1. The molecule has 3 nitrogen and oxygen atoms in total. The molecule has 1 aromatic rings. The Morgan fingerprint density at radius 3 is 3.23 bits per heavy atom. The van der Waals surface area contributed by atoms with Gasteiger partial charge in [-0.2, -0.15) is 0 Å². The van der Waals surface area contributed by atoms with Crippen LogP contribution in [0.25, 0.3) is 0 Å². The second kappa shape index (κ2) is 3.26. The topological polar surface area (TPSA) is 47.3 Å². The Bertz CT molecular complexity index is 312. The van der Waals surface area contributed by atoms with Crippen molar-refractivity contribution in [1.29, 1.82) is 0 Å². The fourth-order valence-corrected chi connectivity index (χ4v) is 1.41. The highest BCUT2D eigenvalue weighted by molar-refractivity contribution is 5.48. The smallest absolute Gasteiger partial charge is 0.125 e. The van der Waals surface area contributed by atoms with Crippen LogP contribution in [0.5, 0.6) is 5.75 Å². The number of rotatable bonds is 0. The van der Waals surface area contributed by atoms with E-state index in [1.807, 2.05) is 18.2 Å². The van der Waals surface area contributed by atoms with Crippen molar-refractivity contribution in [3.8, 4) is 5.75 Å². The van der Waals surface area contributed by atoms with Crippen molar-refractivity contribution in [2.45, 2.75) is 19.5 Å². The second-order valence-electron chi connectivity index (χ2n) is 3.46. The molecule has 2 rings (SSSR count). The van der Waals surface area contributed by atoms with Gasteiger partial charge in [-0.15, -0.1) is 0 Å². The molecule has 0 aromatic heterocycles. The Morgan fingerprint density at radius 1 is 1.54 bits per heavy atom. The SMILES string of the molecule is CC1COc2cc(N)ccc2CN1. The summed E-state index contributed by atoms with van der Waals surface area (Å²) in [6, 6.07) is 6.19. The lowest BCUT2D eigenvalue weighted by atomic mass is 10.2. The molecule has 1 aliphatic heterocycles. The maximum atomic E-state index is 5.67. The van der Waals surface area contributed by atoms with Crippen LogP contribution >= 0.6 is 0 Å². The number of hydrogen-bond donors (Lipinski definition) is 2. The molecule has 70 valence electrons. The normalized spacial score (nSPS) is 21.5. The van der Waals surface area contributed by atoms with Crippen molar-refractivity contribution in [2.75, 3.05) is 12.3 Å². The fraction of sp³-hybridized carbons (Fsp3) is 0.400. The first kappa shape index (κ1) is 8.38. The molecular formula is C10H14N2O. The van der Waals surface area contributed by atoms with Crippen molar-refractivity contribution in [1.82, 2.24) is 5.32 Å².